The van der Waals surface area contributed by atoms with Crippen molar-refractivity contribution < 1.29 is 23.3 Å². The van der Waals surface area contributed by atoms with Gasteiger partial charge in [0.2, 0.25) is 0 Å². The van der Waals surface area contributed by atoms with Crippen LogP contribution in [0.25, 0.3) is 0 Å². The van der Waals surface area contributed by atoms with E-state index in [2.05, 4.69) is 18.5 Å². The standard InChI is InChI=1S/C4H10N2O.Rh/c1-6-4(7)2-3-5;/h2-3,5H2,1H3,(H,6,7);/q;+1/p-1. The molecule has 0 rings (SSSR count). The second kappa shape index (κ2) is 3.99. The Morgan fingerprint density at radius 3 is 2.50 bits per heavy atom. The van der Waals surface area contributed by atoms with E-state index in [9.17, 15) is 4.79 Å². The second-order valence-corrected chi connectivity index (χ2v) is 2.48. The summed E-state index contributed by atoms with van der Waals surface area (Å²) in [7, 11) is 1.67. The summed E-state index contributed by atoms with van der Waals surface area (Å²) in [4.78, 5) is 10.6. The van der Waals surface area contributed by atoms with Crippen molar-refractivity contribution in [2.24, 2.45) is 5.73 Å². The van der Waals surface area contributed by atoms with Crippen LogP contribution < -0.4 is 5.73 Å². The zero-order chi connectivity index (χ0) is 6.57. The van der Waals surface area contributed by atoms with Crippen LogP contribution in [0.4, 0.5) is 0 Å². The first-order valence-electron chi connectivity index (χ1n) is 2.29. The molecule has 3 nitrogen and oxygen atoms in total. The fraction of sp³-hybridized carbons (Fsp3) is 0.750. The topological polar surface area (TPSA) is 46.3 Å². The number of hydrogen-bond acceptors (Lipinski definition) is 2. The molecule has 0 aromatic heterocycles. The molecule has 0 aromatic carbocycles. The van der Waals surface area contributed by atoms with Gasteiger partial charge in [-0.25, -0.2) is 0 Å². The number of nitrogens with two attached hydrogens (primary N) is 1. The van der Waals surface area contributed by atoms with Crippen LogP contribution in [-0.4, -0.2) is 23.1 Å². The maximum atomic E-state index is 10.6. The number of carbonyl (C=O) groups is 1. The average Bonchev–Trinajstić information content (AvgIpc) is 1.67. The summed E-state index contributed by atoms with van der Waals surface area (Å²) < 4.78 is 1.42. The number of amides is 1. The Hall–Kier alpha value is 0.0534. The summed E-state index contributed by atoms with van der Waals surface area (Å²) in [6.07, 6.45) is 0.424. The molecule has 0 aliphatic heterocycles. The Morgan fingerprint density at radius 2 is 2.38 bits per heavy atom. The third-order valence-electron chi connectivity index (χ3n) is 0.691. The SMILES string of the molecule is C[N]([Rh])C(=O)CCN. The third-order valence-corrected chi connectivity index (χ3v) is 1.10. The summed E-state index contributed by atoms with van der Waals surface area (Å²) in [5.74, 6) is 0.0414. The van der Waals surface area contributed by atoms with E-state index in [0.29, 0.717) is 13.0 Å². The van der Waals surface area contributed by atoms with E-state index in [1.54, 1.807) is 7.05 Å². The maximum absolute atomic E-state index is 10.6. The van der Waals surface area contributed by atoms with Crippen molar-refractivity contribution in [2.45, 2.75) is 6.42 Å². The van der Waals surface area contributed by atoms with Crippen molar-refractivity contribution in [1.29, 1.82) is 0 Å². The molecule has 0 aliphatic rings. The Kier molecular flexibility index (Phi) is 4.01. The van der Waals surface area contributed by atoms with Gasteiger partial charge in [-0.2, -0.15) is 0 Å². The normalized spacial score (nSPS) is 9.00. The van der Waals surface area contributed by atoms with Gasteiger partial charge in [-0.3, -0.25) is 0 Å². The van der Waals surface area contributed by atoms with E-state index >= 15 is 0 Å². The van der Waals surface area contributed by atoms with Crippen LogP contribution in [0.5, 0.6) is 0 Å². The summed E-state index contributed by atoms with van der Waals surface area (Å²) >= 11 is 2.45. The zero-order valence-electron chi connectivity index (χ0n) is 4.68. The molecule has 0 heterocycles. The molecule has 8 heavy (non-hydrogen) atoms. The molecule has 0 spiro atoms. The van der Waals surface area contributed by atoms with Crippen LogP contribution in [0.15, 0.2) is 0 Å². The summed E-state index contributed by atoms with van der Waals surface area (Å²) in [5.41, 5.74) is 5.11. The van der Waals surface area contributed by atoms with Crippen molar-refractivity contribution >= 4 is 5.91 Å². The quantitative estimate of drug-likeness (QED) is 0.602. The molecule has 1 amide bonds. The van der Waals surface area contributed by atoms with E-state index < -0.39 is 0 Å². The Labute approximate surface area is 59.2 Å². The minimum atomic E-state index is 0.0414. The molecule has 0 atom stereocenters. The monoisotopic (exact) mass is 204 g/mol. The number of carbonyl (C=O) groups excluding carboxylic acids is 1. The number of nitrogens with zero attached hydrogens (tertiary/aromatic N) is 1. The van der Waals surface area contributed by atoms with Crippen LogP contribution in [0.2, 0.25) is 0 Å². The molecule has 0 unspecified atom stereocenters. The molecule has 0 fully saturated rings. The van der Waals surface area contributed by atoms with E-state index in [-0.39, 0.29) is 5.91 Å². The summed E-state index contributed by atoms with van der Waals surface area (Å²) in [5, 5.41) is 0. The molecule has 50 valence electrons. The van der Waals surface area contributed by atoms with Gasteiger partial charge in [0.05, 0.1) is 0 Å². The Morgan fingerprint density at radius 1 is 1.88 bits per heavy atom. The molecule has 0 saturated heterocycles. The van der Waals surface area contributed by atoms with Crippen LogP contribution >= 0.6 is 0 Å². The fourth-order valence-corrected chi connectivity index (χ4v) is 0.456. The summed E-state index contributed by atoms with van der Waals surface area (Å²) in [6.45, 7) is 0.424. The molecule has 0 radical (unpaired) electrons. The van der Waals surface area contributed by atoms with Gasteiger partial charge in [0.1, 0.15) is 0 Å². The van der Waals surface area contributed by atoms with Gasteiger partial charge >= 0.3 is 58.6 Å². The minimum absolute atomic E-state index is 0.0414. The van der Waals surface area contributed by atoms with Crippen LogP contribution in [0.3, 0.4) is 0 Å². The first-order chi connectivity index (χ1) is 3.68. The van der Waals surface area contributed by atoms with Crippen molar-refractivity contribution in [1.82, 2.24) is 3.64 Å². The third kappa shape index (κ3) is 3.11. The van der Waals surface area contributed by atoms with Gasteiger partial charge in [0, 0.05) is 0 Å². The second-order valence-electron chi connectivity index (χ2n) is 1.38. The fourth-order valence-electron chi connectivity index (χ4n) is 0.273. The van der Waals surface area contributed by atoms with Gasteiger partial charge in [0.25, 0.3) is 0 Å². The average molecular weight is 204 g/mol. The molecule has 4 heteroatoms. The molecule has 0 bridgehead atoms. The zero-order valence-corrected chi connectivity index (χ0v) is 6.32. The number of hydrogen-bond donors (Lipinski definition) is 1. The van der Waals surface area contributed by atoms with Crippen molar-refractivity contribution in [2.75, 3.05) is 13.6 Å². The predicted octanol–water partition coefficient (Wildman–Crippen LogP) is -0.745. The molecule has 0 aromatic rings. The predicted molar refractivity (Wildman–Crippen MR) is 26.4 cm³/mol. The molecule has 0 saturated carbocycles. The molecule has 0 aliphatic carbocycles. The van der Waals surface area contributed by atoms with Crippen molar-refractivity contribution in [3.63, 3.8) is 0 Å². The molecular formula is C4H9N2ORh. The van der Waals surface area contributed by atoms with Crippen LogP contribution in [-0.2, 0) is 23.3 Å². The van der Waals surface area contributed by atoms with Gasteiger partial charge in [0.15, 0.2) is 0 Å². The van der Waals surface area contributed by atoms with Gasteiger partial charge in [-0.05, 0) is 0 Å². The first kappa shape index (κ1) is 8.05. The first-order valence-corrected chi connectivity index (χ1v) is 3.02. The van der Waals surface area contributed by atoms with E-state index in [1.807, 2.05) is 0 Å². The van der Waals surface area contributed by atoms with Crippen LogP contribution in [0.1, 0.15) is 6.42 Å². The van der Waals surface area contributed by atoms with Crippen LogP contribution in [0, 0.1) is 0 Å². The van der Waals surface area contributed by atoms with Crippen molar-refractivity contribution in [3.8, 4) is 0 Å². The van der Waals surface area contributed by atoms with Gasteiger partial charge < -0.3 is 0 Å². The molecule has 2 N–H and O–H groups in total. The van der Waals surface area contributed by atoms with Gasteiger partial charge in [-0.15, -0.1) is 0 Å². The van der Waals surface area contributed by atoms with E-state index in [0.717, 1.165) is 0 Å². The van der Waals surface area contributed by atoms with Gasteiger partial charge in [-0.1, -0.05) is 0 Å². The van der Waals surface area contributed by atoms with Crippen molar-refractivity contribution in [3.05, 3.63) is 0 Å². The molecular weight excluding hydrogens is 195 g/mol. The Balaban J connectivity index is 3.33. The summed E-state index contributed by atoms with van der Waals surface area (Å²) in [6, 6.07) is 0. The Bertz CT molecular complexity index is 84.1. The van der Waals surface area contributed by atoms with E-state index in [4.69, 9.17) is 5.73 Å². The number of rotatable bonds is 2. The van der Waals surface area contributed by atoms with E-state index in [1.165, 1.54) is 3.64 Å².